The van der Waals surface area contributed by atoms with E-state index in [9.17, 15) is 0 Å². The molecule has 0 radical (unpaired) electrons. The second kappa shape index (κ2) is 8.12. The van der Waals surface area contributed by atoms with E-state index in [1.54, 1.807) is 0 Å². The average molecular weight is 353 g/mol. The Bertz CT molecular complexity index is 841. The number of aromatic nitrogens is 2. The molecule has 3 aromatic rings. The molecule has 0 amide bonds. The molecule has 2 aromatic heterocycles. The van der Waals surface area contributed by atoms with Gasteiger partial charge in [-0.2, -0.15) is 0 Å². The van der Waals surface area contributed by atoms with Gasteiger partial charge in [0.1, 0.15) is 0 Å². The first kappa shape index (κ1) is 17.4. The topological polar surface area (TPSA) is 44.0 Å². The third-order valence-electron chi connectivity index (χ3n) is 4.40. The fourth-order valence-electron chi connectivity index (χ4n) is 3.13. The molecular formula is C20H24N4S. The number of fused-ring (bicyclic) bond motifs is 1. The lowest BCUT2D eigenvalue weighted by Gasteiger charge is -2.26. The van der Waals surface area contributed by atoms with Crippen LogP contribution in [0.5, 0.6) is 0 Å². The quantitative estimate of drug-likeness (QED) is 0.662. The smallest absolute Gasteiger partial charge is 0.169 e. The van der Waals surface area contributed by atoms with Crippen LogP contribution in [0.15, 0.2) is 48.8 Å². The number of thiocarbonyl (C=S) groups is 1. The Morgan fingerprint density at radius 3 is 2.72 bits per heavy atom. The van der Waals surface area contributed by atoms with E-state index in [1.165, 1.54) is 27.7 Å². The summed E-state index contributed by atoms with van der Waals surface area (Å²) in [6.45, 7) is 6.70. The van der Waals surface area contributed by atoms with Crippen LogP contribution in [0.1, 0.15) is 23.7 Å². The minimum Gasteiger partial charge on any atom is -0.363 e. The fraction of sp³-hybridized carbons (Fsp3) is 0.300. The average Bonchev–Trinajstić information content (AvgIpc) is 2.95. The third-order valence-corrected chi connectivity index (χ3v) is 4.80. The zero-order valence-electron chi connectivity index (χ0n) is 14.7. The third kappa shape index (κ3) is 4.17. The van der Waals surface area contributed by atoms with E-state index in [2.05, 4.69) is 58.3 Å². The number of aryl methyl sites for hydroxylation is 1. The number of pyridine rings is 1. The van der Waals surface area contributed by atoms with E-state index in [4.69, 9.17) is 12.2 Å². The van der Waals surface area contributed by atoms with Crippen molar-refractivity contribution in [3.8, 4) is 0 Å². The predicted octanol–water partition coefficient (Wildman–Crippen LogP) is 3.81. The van der Waals surface area contributed by atoms with E-state index in [1.807, 2.05) is 24.5 Å². The minimum atomic E-state index is 0.787. The molecule has 1 aromatic carbocycles. The summed E-state index contributed by atoms with van der Waals surface area (Å²) in [5.74, 6) is 0. The first-order valence-corrected chi connectivity index (χ1v) is 9.07. The number of hydrogen-bond acceptors (Lipinski definition) is 2. The molecule has 4 nitrogen and oxygen atoms in total. The van der Waals surface area contributed by atoms with Gasteiger partial charge in [0.15, 0.2) is 5.11 Å². The van der Waals surface area contributed by atoms with Crippen LogP contribution >= 0.6 is 12.2 Å². The summed E-state index contributed by atoms with van der Waals surface area (Å²) in [5, 5.41) is 5.39. The predicted molar refractivity (Wildman–Crippen MR) is 108 cm³/mol. The summed E-state index contributed by atoms with van der Waals surface area (Å²) >= 11 is 5.59. The lowest BCUT2D eigenvalue weighted by atomic mass is 10.1. The summed E-state index contributed by atoms with van der Waals surface area (Å²) < 4.78 is 0. The van der Waals surface area contributed by atoms with E-state index < -0.39 is 0 Å². The number of rotatable bonds is 6. The standard InChI is InChI=1S/C20H24N4S/c1-3-22-20(25)24(14-16-8-11-21-12-9-16)13-10-17-15(2)23-19-7-5-4-6-18(17)19/h4-9,11-12,23H,3,10,13-14H2,1-2H3,(H,22,25). The molecule has 0 aliphatic carbocycles. The minimum absolute atomic E-state index is 0.787. The van der Waals surface area contributed by atoms with Crippen LogP contribution in [0.25, 0.3) is 10.9 Å². The van der Waals surface area contributed by atoms with Gasteiger partial charge in [0.25, 0.3) is 0 Å². The number of aromatic amines is 1. The van der Waals surface area contributed by atoms with Gasteiger partial charge in [0.05, 0.1) is 0 Å². The molecule has 0 bridgehead atoms. The highest BCUT2D eigenvalue weighted by Crippen LogP contribution is 2.22. The normalized spacial score (nSPS) is 10.8. The number of H-pyrrole nitrogens is 1. The molecule has 0 saturated heterocycles. The van der Waals surface area contributed by atoms with Crippen LogP contribution in [0, 0.1) is 6.92 Å². The zero-order valence-corrected chi connectivity index (χ0v) is 15.6. The number of hydrogen-bond donors (Lipinski definition) is 2. The van der Waals surface area contributed by atoms with Gasteiger partial charge in [-0.3, -0.25) is 4.98 Å². The Labute approximate surface area is 154 Å². The molecule has 25 heavy (non-hydrogen) atoms. The van der Waals surface area contributed by atoms with Crippen LogP contribution in [0.4, 0.5) is 0 Å². The fourth-order valence-corrected chi connectivity index (χ4v) is 3.43. The first-order chi connectivity index (χ1) is 12.2. The molecule has 2 N–H and O–H groups in total. The van der Waals surface area contributed by atoms with Gasteiger partial charge in [0, 0.05) is 48.6 Å². The first-order valence-electron chi connectivity index (χ1n) is 8.67. The summed E-state index contributed by atoms with van der Waals surface area (Å²) in [4.78, 5) is 9.81. The van der Waals surface area contributed by atoms with Crippen LogP contribution < -0.4 is 5.32 Å². The Balaban J connectivity index is 1.77. The van der Waals surface area contributed by atoms with Gasteiger partial charge in [0.2, 0.25) is 0 Å². The van der Waals surface area contributed by atoms with Gasteiger partial charge in [-0.05, 0) is 61.8 Å². The maximum absolute atomic E-state index is 5.59. The van der Waals surface area contributed by atoms with E-state index >= 15 is 0 Å². The zero-order chi connectivity index (χ0) is 17.6. The van der Waals surface area contributed by atoms with Crippen molar-refractivity contribution in [3.63, 3.8) is 0 Å². The van der Waals surface area contributed by atoms with Crippen LogP contribution in [-0.2, 0) is 13.0 Å². The Hall–Kier alpha value is -2.40. The number of nitrogens with one attached hydrogen (secondary N) is 2. The van der Waals surface area contributed by atoms with Crippen molar-refractivity contribution in [2.75, 3.05) is 13.1 Å². The maximum Gasteiger partial charge on any atom is 0.169 e. The van der Waals surface area contributed by atoms with Crippen LogP contribution in [0.3, 0.4) is 0 Å². The van der Waals surface area contributed by atoms with Gasteiger partial charge in [-0.25, -0.2) is 0 Å². The van der Waals surface area contributed by atoms with Gasteiger partial charge in [-0.15, -0.1) is 0 Å². The SMILES string of the molecule is CCNC(=S)N(CCc1c(C)[nH]c2ccccc12)Cc1ccncc1. The van der Waals surface area contributed by atoms with Gasteiger partial charge < -0.3 is 15.2 Å². The lowest BCUT2D eigenvalue weighted by Crippen LogP contribution is -2.40. The summed E-state index contributed by atoms with van der Waals surface area (Å²) in [6.07, 6.45) is 4.60. The maximum atomic E-state index is 5.59. The summed E-state index contributed by atoms with van der Waals surface area (Å²) in [5.41, 5.74) is 5.02. The lowest BCUT2D eigenvalue weighted by molar-refractivity contribution is 0.410. The van der Waals surface area contributed by atoms with Crippen molar-refractivity contribution in [2.24, 2.45) is 0 Å². The Kier molecular flexibility index (Phi) is 5.66. The molecular weight excluding hydrogens is 328 g/mol. The number of nitrogens with zero attached hydrogens (tertiary/aromatic N) is 2. The molecule has 3 rings (SSSR count). The van der Waals surface area contributed by atoms with Crippen molar-refractivity contribution in [3.05, 3.63) is 65.6 Å². The highest BCUT2D eigenvalue weighted by Gasteiger charge is 2.13. The Morgan fingerprint density at radius 1 is 1.20 bits per heavy atom. The molecule has 0 atom stereocenters. The van der Waals surface area contributed by atoms with E-state index in [-0.39, 0.29) is 0 Å². The molecule has 5 heteroatoms. The second-order valence-corrected chi connectivity index (χ2v) is 6.52. The van der Waals surface area contributed by atoms with Crippen molar-refractivity contribution in [1.82, 2.24) is 20.2 Å². The molecule has 0 unspecified atom stereocenters. The molecule has 0 aliphatic rings. The van der Waals surface area contributed by atoms with Gasteiger partial charge >= 0.3 is 0 Å². The molecule has 0 aliphatic heterocycles. The molecule has 130 valence electrons. The monoisotopic (exact) mass is 352 g/mol. The number of para-hydroxylation sites is 1. The van der Waals surface area contributed by atoms with E-state index in [0.717, 1.165) is 31.2 Å². The largest absolute Gasteiger partial charge is 0.363 e. The van der Waals surface area contributed by atoms with E-state index in [0.29, 0.717) is 0 Å². The highest BCUT2D eigenvalue weighted by molar-refractivity contribution is 7.80. The van der Waals surface area contributed by atoms with Crippen molar-refractivity contribution < 1.29 is 0 Å². The van der Waals surface area contributed by atoms with Crippen molar-refractivity contribution in [1.29, 1.82) is 0 Å². The van der Waals surface area contributed by atoms with Crippen molar-refractivity contribution in [2.45, 2.75) is 26.8 Å². The molecule has 2 heterocycles. The Morgan fingerprint density at radius 2 is 1.96 bits per heavy atom. The van der Waals surface area contributed by atoms with Crippen LogP contribution in [-0.4, -0.2) is 33.1 Å². The van der Waals surface area contributed by atoms with Gasteiger partial charge in [-0.1, -0.05) is 18.2 Å². The van der Waals surface area contributed by atoms with Crippen LogP contribution in [0.2, 0.25) is 0 Å². The van der Waals surface area contributed by atoms with Crippen molar-refractivity contribution >= 4 is 28.2 Å². The molecule has 0 fully saturated rings. The summed E-state index contributed by atoms with van der Waals surface area (Å²) in [6, 6.07) is 12.6. The number of benzene rings is 1. The molecule has 0 saturated carbocycles. The highest BCUT2D eigenvalue weighted by atomic mass is 32.1. The summed E-state index contributed by atoms with van der Waals surface area (Å²) in [7, 11) is 0. The second-order valence-electron chi connectivity index (χ2n) is 6.14. The molecule has 0 spiro atoms.